The minimum absolute atomic E-state index is 0.132. The van der Waals surface area contributed by atoms with Gasteiger partial charge in [-0.1, -0.05) is 0 Å². The van der Waals surface area contributed by atoms with E-state index in [9.17, 15) is 8.42 Å². The van der Waals surface area contributed by atoms with Gasteiger partial charge in [0, 0.05) is 31.5 Å². The Kier molecular flexibility index (Phi) is 4.92. The van der Waals surface area contributed by atoms with Crippen molar-refractivity contribution in [2.24, 2.45) is 5.92 Å². The summed E-state index contributed by atoms with van der Waals surface area (Å²) in [5.74, 6) is 1.57. The zero-order valence-electron chi connectivity index (χ0n) is 15.9. The predicted molar refractivity (Wildman–Crippen MR) is 106 cm³/mol. The molecule has 1 N–H and O–H groups in total. The lowest BCUT2D eigenvalue weighted by atomic mass is 9.81. The lowest BCUT2D eigenvalue weighted by molar-refractivity contribution is 0.282. The largest absolute Gasteiger partial charge is 0.478 e. The summed E-state index contributed by atoms with van der Waals surface area (Å²) < 4.78 is 30.6. The van der Waals surface area contributed by atoms with Gasteiger partial charge in [-0.15, -0.1) is 0 Å². The van der Waals surface area contributed by atoms with Crippen molar-refractivity contribution >= 4 is 26.7 Å². The fraction of sp³-hybridized carbons (Fsp3) is 0.421. The predicted octanol–water partition coefficient (Wildman–Crippen LogP) is 2.44. The Balaban J connectivity index is 1.39. The van der Waals surface area contributed by atoms with Crippen molar-refractivity contribution in [2.45, 2.75) is 30.7 Å². The van der Waals surface area contributed by atoms with Crippen LogP contribution in [0.5, 0.6) is 5.88 Å². The van der Waals surface area contributed by atoms with Crippen LogP contribution in [0.25, 0.3) is 11.0 Å². The second-order valence-corrected chi connectivity index (χ2v) is 9.12. The minimum atomic E-state index is -3.36. The van der Waals surface area contributed by atoms with Crippen molar-refractivity contribution in [3.05, 3.63) is 36.9 Å². The third kappa shape index (κ3) is 3.54. The summed E-state index contributed by atoms with van der Waals surface area (Å²) >= 11 is 0. The SMILES string of the molecule is CCOc1ccc(S(=O)(=O)CC2CC(N(C)c3ncnc4[nH]ccc34)C2)cn1. The number of pyridine rings is 1. The molecular weight excluding hydrogens is 378 g/mol. The molecule has 0 saturated heterocycles. The van der Waals surface area contributed by atoms with Crippen LogP contribution in [-0.4, -0.2) is 53.8 Å². The first-order valence-electron chi connectivity index (χ1n) is 9.30. The number of hydrogen-bond donors (Lipinski definition) is 1. The summed E-state index contributed by atoms with van der Waals surface area (Å²) in [7, 11) is -1.36. The molecule has 9 heteroatoms. The van der Waals surface area contributed by atoms with Gasteiger partial charge in [-0.3, -0.25) is 0 Å². The highest BCUT2D eigenvalue weighted by molar-refractivity contribution is 7.91. The summed E-state index contributed by atoms with van der Waals surface area (Å²) in [5.41, 5.74) is 0.804. The normalized spacial score (nSPS) is 19.4. The number of rotatable bonds is 7. The Bertz CT molecular complexity index is 1060. The number of hydrogen-bond acceptors (Lipinski definition) is 7. The van der Waals surface area contributed by atoms with Gasteiger partial charge in [0.15, 0.2) is 9.84 Å². The van der Waals surface area contributed by atoms with Gasteiger partial charge < -0.3 is 14.6 Å². The molecule has 3 aromatic heterocycles. The second kappa shape index (κ2) is 7.38. The third-order valence-electron chi connectivity index (χ3n) is 5.24. The Labute approximate surface area is 163 Å². The van der Waals surface area contributed by atoms with E-state index in [-0.39, 0.29) is 22.6 Å². The fourth-order valence-electron chi connectivity index (χ4n) is 3.66. The molecule has 8 nitrogen and oxygen atoms in total. The number of sulfone groups is 1. The van der Waals surface area contributed by atoms with E-state index in [1.165, 1.54) is 6.20 Å². The smallest absolute Gasteiger partial charge is 0.213 e. The van der Waals surface area contributed by atoms with Gasteiger partial charge in [0.05, 0.1) is 22.6 Å². The van der Waals surface area contributed by atoms with Gasteiger partial charge in [-0.05, 0) is 37.8 Å². The molecule has 0 spiro atoms. The molecule has 0 bridgehead atoms. The molecule has 0 aliphatic heterocycles. The van der Waals surface area contributed by atoms with E-state index in [1.807, 2.05) is 26.2 Å². The summed E-state index contributed by atoms with van der Waals surface area (Å²) in [6.07, 6.45) is 6.40. The highest BCUT2D eigenvalue weighted by atomic mass is 32.2. The van der Waals surface area contributed by atoms with E-state index in [4.69, 9.17) is 4.74 Å². The number of fused-ring (bicyclic) bond motifs is 1. The number of aromatic amines is 1. The fourth-order valence-corrected chi connectivity index (χ4v) is 5.23. The van der Waals surface area contributed by atoms with Gasteiger partial charge in [0.2, 0.25) is 5.88 Å². The second-order valence-electron chi connectivity index (χ2n) is 7.09. The maximum Gasteiger partial charge on any atom is 0.213 e. The highest BCUT2D eigenvalue weighted by Gasteiger charge is 2.36. The minimum Gasteiger partial charge on any atom is -0.478 e. The number of nitrogens with zero attached hydrogens (tertiary/aromatic N) is 4. The van der Waals surface area contributed by atoms with Crippen LogP contribution < -0.4 is 9.64 Å². The first kappa shape index (κ1) is 18.7. The maximum absolute atomic E-state index is 12.7. The van der Waals surface area contributed by atoms with Crippen LogP contribution in [0.4, 0.5) is 5.82 Å². The molecule has 1 fully saturated rings. The quantitative estimate of drug-likeness (QED) is 0.649. The van der Waals surface area contributed by atoms with E-state index in [0.29, 0.717) is 12.5 Å². The van der Waals surface area contributed by atoms with Crippen LogP contribution in [0.3, 0.4) is 0 Å². The van der Waals surface area contributed by atoms with Crippen LogP contribution in [0, 0.1) is 5.92 Å². The van der Waals surface area contributed by atoms with Crippen molar-refractivity contribution in [3.8, 4) is 5.88 Å². The highest BCUT2D eigenvalue weighted by Crippen LogP contribution is 2.36. The number of anilines is 1. The van der Waals surface area contributed by atoms with Gasteiger partial charge in [0.25, 0.3) is 0 Å². The Hall–Kier alpha value is -2.68. The molecule has 28 heavy (non-hydrogen) atoms. The van der Waals surface area contributed by atoms with Crippen molar-refractivity contribution in [1.29, 1.82) is 0 Å². The molecule has 1 saturated carbocycles. The van der Waals surface area contributed by atoms with E-state index in [1.54, 1.807) is 18.5 Å². The first-order valence-corrected chi connectivity index (χ1v) is 11.0. The zero-order chi connectivity index (χ0) is 19.7. The Morgan fingerprint density at radius 1 is 1.21 bits per heavy atom. The van der Waals surface area contributed by atoms with Crippen LogP contribution >= 0.6 is 0 Å². The topological polar surface area (TPSA) is 101 Å². The molecule has 1 aliphatic carbocycles. The summed E-state index contributed by atoms with van der Waals surface area (Å²) in [5, 5.41) is 0.974. The number of H-pyrrole nitrogens is 1. The molecule has 1 aliphatic rings. The van der Waals surface area contributed by atoms with Gasteiger partial charge in [0.1, 0.15) is 17.8 Å². The van der Waals surface area contributed by atoms with Crippen molar-refractivity contribution in [1.82, 2.24) is 19.9 Å². The zero-order valence-corrected chi connectivity index (χ0v) is 16.7. The monoisotopic (exact) mass is 401 g/mol. The number of nitrogens with one attached hydrogen (secondary N) is 1. The average Bonchev–Trinajstić information content (AvgIpc) is 3.13. The summed E-state index contributed by atoms with van der Waals surface area (Å²) in [6, 6.07) is 5.40. The molecule has 3 heterocycles. The maximum atomic E-state index is 12.7. The molecule has 0 amide bonds. The molecule has 0 unspecified atom stereocenters. The standard InChI is InChI=1S/C19H23N5O3S/c1-3-27-17-5-4-15(10-21-17)28(25,26)11-13-8-14(9-13)24(2)19-16-6-7-20-18(16)22-12-23-19/h4-7,10,12-14H,3,8-9,11H2,1-2H3,(H,20,22,23). The molecule has 0 atom stereocenters. The molecule has 3 aromatic rings. The van der Waals surface area contributed by atoms with E-state index in [0.717, 1.165) is 29.7 Å². The van der Waals surface area contributed by atoms with Gasteiger partial charge in [-0.2, -0.15) is 0 Å². The molecule has 4 rings (SSSR count). The van der Waals surface area contributed by atoms with Crippen LogP contribution in [0.1, 0.15) is 19.8 Å². The average molecular weight is 401 g/mol. The molecule has 0 radical (unpaired) electrons. The van der Waals surface area contributed by atoms with Crippen molar-refractivity contribution in [3.63, 3.8) is 0 Å². The molecule has 148 valence electrons. The lowest BCUT2D eigenvalue weighted by Gasteiger charge is -2.41. The first-order chi connectivity index (χ1) is 13.5. The Morgan fingerprint density at radius 3 is 2.75 bits per heavy atom. The van der Waals surface area contributed by atoms with E-state index >= 15 is 0 Å². The van der Waals surface area contributed by atoms with Gasteiger partial charge >= 0.3 is 0 Å². The lowest BCUT2D eigenvalue weighted by Crippen LogP contribution is -2.45. The molecule has 0 aromatic carbocycles. The van der Waals surface area contributed by atoms with Crippen molar-refractivity contribution < 1.29 is 13.2 Å². The third-order valence-corrected chi connectivity index (χ3v) is 7.11. The molecular formula is C19H23N5O3S. The van der Waals surface area contributed by atoms with Crippen molar-refractivity contribution in [2.75, 3.05) is 24.3 Å². The van der Waals surface area contributed by atoms with Crippen LogP contribution in [0.2, 0.25) is 0 Å². The Morgan fingerprint density at radius 2 is 2.04 bits per heavy atom. The number of ether oxygens (including phenoxy) is 1. The summed E-state index contributed by atoms with van der Waals surface area (Å²) in [4.78, 5) is 18.1. The van der Waals surface area contributed by atoms with Gasteiger partial charge in [-0.25, -0.2) is 23.4 Å². The van der Waals surface area contributed by atoms with Crippen LogP contribution in [0.15, 0.2) is 41.8 Å². The van der Waals surface area contributed by atoms with Crippen LogP contribution in [-0.2, 0) is 9.84 Å². The van der Waals surface area contributed by atoms with E-state index in [2.05, 4.69) is 24.8 Å². The number of aromatic nitrogens is 4. The van der Waals surface area contributed by atoms with E-state index < -0.39 is 9.84 Å². The summed E-state index contributed by atoms with van der Waals surface area (Å²) in [6.45, 7) is 2.36.